The van der Waals surface area contributed by atoms with Gasteiger partial charge in [0.2, 0.25) is 5.28 Å². The molecule has 0 unspecified atom stereocenters. The molecule has 0 amide bonds. The Morgan fingerprint density at radius 3 is 2.53 bits per heavy atom. The van der Waals surface area contributed by atoms with Gasteiger partial charge >= 0.3 is 141 Å². The summed E-state index contributed by atoms with van der Waals surface area (Å²) in [6.07, 6.45) is 5.42. The monoisotopic (exact) mass is 832 g/mol. The summed E-state index contributed by atoms with van der Waals surface area (Å²) in [5.41, 5.74) is 2.60. The van der Waals surface area contributed by atoms with E-state index in [-0.39, 0.29) is 34.0 Å². The van der Waals surface area contributed by atoms with Gasteiger partial charge in [0, 0.05) is 12.1 Å². The van der Waals surface area contributed by atoms with Gasteiger partial charge in [0.15, 0.2) is 6.29 Å². The van der Waals surface area contributed by atoms with Crippen LogP contribution >= 0.6 is 11.6 Å². The zero-order valence-electron chi connectivity index (χ0n) is 26.5. The molecule has 0 bridgehead atoms. The number of carbonyl (C=O) groups excluding carboxylic acids is 1. The van der Waals surface area contributed by atoms with Gasteiger partial charge in [0.05, 0.1) is 5.56 Å². The first-order valence-electron chi connectivity index (χ1n) is 15.3. The van der Waals surface area contributed by atoms with E-state index in [4.69, 9.17) is 21.1 Å². The molecule has 10 nitrogen and oxygen atoms in total. The average Bonchev–Trinajstić information content (AvgIpc) is 2.99. The van der Waals surface area contributed by atoms with Crippen LogP contribution in [0.4, 0.5) is 10.2 Å². The molecule has 1 saturated carbocycles. The van der Waals surface area contributed by atoms with Crippen LogP contribution in [0.5, 0.6) is 17.4 Å². The molecule has 13 heteroatoms. The number of benzene rings is 1. The van der Waals surface area contributed by atoms with Gasteiger partial charge in [-0.05, 0) is 64.5 Å². The summed E-state index contributed by atoms with van der Waals surface area (Å²) >= 11 is 7.19. The van der Waals surface area contributed by atoms with Crippen LogP contribution in [0.1, 0.15) is 62.2 Å². The van der Waals surface area contributed by atoms with Crippen molar-refractivity contribution < 1.29 is 18.7 Å². The molecule has 0 atom stereocenters. The number of aromatic nitrogens is 4. The number of halogens is 2. The van der Waals surface area contributed by atoms with E-state index in [1.165, 1.54) is 17.7 Å². The van der Waals surface area contributed by atoms with Gasteiger partial charge in [0.1, 0.15) is 11.6 Å². The molecule has 239 valence electrons. The van der Waals surface area contributed by atoms with Gasteiger partial charge in [-0.2, -0.15) is 4.98 Å². The molecule has 2 fully saturated rings. The number of ether oxygens (including phenoxy) is 2. The molecule has 1 aromatic carbocycles. The maximum absolute atomic E-state index is 13.5. The third kappa shape index (κ3) is 7.91. The number of carbonyl (C=O) groups is 1. The minimum absolute atomic E-state index is 0.000846. The van der Waals surface area contributed by atoms with Gasteiger partial charge in [-0.15, -0.1) is 10.2 Å². The number of hydrogen-bond acceptors (Lipinski definition) is 10. The zero-order chi connectivity index (χ0) is 32.3. The predicted octanol–water partition coefficient (Wildman–Crippen LogP) is 4.93. The molecule has 4 heterocycles. The molecule has 45 heavy (non-hydrogen) atoms. The minimum atomic E-state index is -0.530. The summed E-state index contributed by atoms with van der Waals surface area (Å²) in [7, 11) is 2.15. The molecule has 1 saturated heterocycles. The van der Waals surface area contributed by atoms with E-state index in [2.05, 4.69) is 64.7 Å². The molecule has 1 aliphatic carbocycles. The summed E-state index contributed by atoms with van der Waals surface area (Å²) in [6.45, 7) is 12.3. The molecular formula is C32H40ClFN7O3Pb. The fraction of sp³-hybridized carbons (Fsp3) is 0.531. The first kappa shape index (κ1) is 33.9. The van der Waals surface area contributed by atoms with Crippen LogP contribution in [-0.4, -0.2) is 111 Å². The molecule has 2 aliphatic heterocycles. The fourth-order valence-electron chi connectivity index (χ4n) is 6.02. The molecular weight excluding hydrogens is 792 g/mol. The SMILES string of the molecule is CC(C)N(C)C(C)C.O=Cc1cc(F)ccc1Oc1nnc(Cl)nc1N1CC2(CC(Oc3ccnc4c3CN([CH2][Pb])CC4)C2)C1. The van der Waals surface area contributed by atoms with Crippen LogP contribution in [0.3, 0.4) is 0 Å². The quantitative estimate of drug-likeness (QED) is 0.218. The van der Waals surface area contributed by atoms with Gasteiger partial charge in [0.25, 0.3) is 5.88 Å². The van der Waals surface area contributed by atoms with Crippen molar-refractivity contribution in [1.29, 1.82) is 0 Å². The third-order valence-corrected chi connectivity index (χ3v) is 10.8. The van der Waals surface area contributed by atoms with Crippen molar-refractivity contribution in [3.05, 3.63) is 58.4 Å². The summed E-state index contributed by atoms with van der Waals surface area (Å²) in [5.74, 6) is 1.18. The molecule has 2 aromatic heterocycles. The van der Waals surface area contributed by atoms with E-state index in [0.717, 1.165) is 92.8 Å². The Balaban J connectivity index is 0.000000444. The van der Waals surface area contributed by atoms with Crippen molar-refractivity contribution >= 4 is 49.5 Å². The van der Waals surface area contributed by atoms with Gasteiger partial charge in [-0.3, -0.25) is 4.79 Å². The Morgan fingerprint density at radius 1 is 1.16 bits per heavy atom. The normalized spacial score (nSPS) is 17.4. The van der Waals surface area contributed by atoms with Crippen molar-refractivity contribution in [1.82, 2.24) is 30.0 Å². The van der Waals surface area contributed by atoms with Crippen molar-refractivity contribution in [2.75, 3.05) is 35.7 Å². The van der Waals surface area contributed by atoms with E-state index in [1.54, 1.807) is 0 Å². The summed E-state index contributed by atoms with van der Waals surface area (Å²) < 4.78 is 26.9. The molecule has 3 aliphatic rings. The molecule has 3 aromatic rings. The van der Waals surface area contributed by atoms with E-state index in [9.17, 15) is 9.18 Å². The Hall–Kier alpha value is -2.49. The van der Waals surface area contributed by atoms with Crippen LogP contribution < -0.4 is 14.4 Å². The van der Waals surface area contributed by atoms with E-state index in [1.807, 2.05) is 17.2 Å². The average molecular weight is 832 g/mol. The Kier molecular flexibility index (Phi) is 10.9. The van der Waals surface area contributed by atoms with Gasteiger partial charge in [-0.1, -0.05) is 0 Å². The van der Waals surface area contributed by atoms with Crippen LogP contribution in [0.25, 0.3) is 0 Å². The van der Waals surface area contributed by atoms with Crippen molar-refractivity contribution in [3.8, 4) is 17.4 Å². The number of anilines is 1. The Labute approximate surface area is 285 Å². The van der Waals surface area contributed by atoms with E-state index < -0.39 is 5.82 Å². The molecule has 0 N–H and O–H groups in total. The van der Waals surface area contributed by atoms with Crippen LogP contribution in [-0.2, 0) is 13.0 Å². The van der Waals surface area contributed by atoms with Crippen LogP contribution in [0.2, 0.25) is 5.28 Å². The van der Waals surface area contributed by atoms with Crippen molar-refractivity contribution in [2.45, 2.75) is 71.7 Å². The predicted molar refractivity (Wildman–Crippen MR) is 172 cm³/mol. The number of fused-ring (bicyclic) bond motifs is 1. The number of rotatable bonds is 9. The number of nitrogens with zero attached hydrogens (tertiary/aromatic N) is 7. The first-order chi connectivity index (χ1) is 21.5. The summed E-state index contributed by atoms with van der Waals surface area (Å²) in [4.78, 5) is 27.1. The summed E-state index contributed by atoms with van der Waals surface area (Å²) in [5, 5.41) is 7.83. The first-order valence-corrected chi connectivity index (χ1v) is 18.4. The molecule has 3 radical (unpaired) electrons. The zero-order valence-corrected chi connectivity index (χ0v) is 31.1. The van der Waals surface area contributed by atoms with Crippen LogP contribution in [0.15, 0.2) is 30.5 Å². The van der Waals surface area contributed by atoms with Crippen molar-refractivity contribution in [2.24, 2.45) is 5.41 Å². The second-order valence-electron chi connectivity index (χ2n) is 12.7. The summed E-state index contributed by atoms with van der Waals surface area (Å²) in [6, 6.07) is 7.05. The number of hydrogen-bond donors (Lipinski definition) is 0. The van der Waals surface area contributed by atoms with Crippen molar-refractivity contribution in [3.63, 3.8) is 0 Å². The standard InChI is InChI=1S/C25H23ClFN6O3.C7H17N.Pb/c1-32-7-5-19-18(11-32)21(4-6-28-19)35-17-9-25(10-17)13-33(14-25)22-23(30-31-24(26)29-22)36-20-3-2-16(27)8-15(20)12-34;1-6(2)8(5)7(3)4;/h2-4,6,8,12,17H,1,5,7,9-11,13-14H2;6-7H,1-5H3;. The fourth-order valence-corrected chi connectivity index (χ4v) is 7.19. The molecule has 6 rings (SSSR count). The topological polar surface area (TPSA) is 96.8 Å². The van der Waals surface area contributed by atoms with Gasteiger partial charge in [-0.25, -0.2) is 4.39 Å². The van der Waals surface area contributed by atoms with Crippen LogP contribution in [0, 0.1) is 11.2 Å². The Bertz CT molecular complexity index is 1490. The second-order valence-corrected chi connectivity index (χ2v) is 14.2. The Morgan fingerprint density at radius 2 is 1.89 bits per heavy atom. The van der Waals surface area contributed by atoms with E-state index in [0.29, 0.717) is 24.2 Å². The maximum atomic E-state index is 13.5. The van der Waals surface area contributed by atoms with Gasteiger partial charge < -0.3 is 9.64 Å². The number of pyridine rings is 1. The van der Waals surface area contributed by atoms with E-state index >= 15 is 0 Å². The number of aldehydes is 1. The molecule has 1 spiro atoms. The third-order valence-electron chi connectivity index (χ3n) is 8.89. The second kappa shape index (κ2) is 14.5.